The van der Waals surface area contributed by atoms with Gasteiger partial charge in [-0.15, -0.1) is 0 Å². The van der Waals surface area contributed by atoms with E-state index < -0.39 is 0 Å². The Labute approximate surface area is 102 Å². The van der Waals surface area contributed by atoms with Crippen molar-refractivity contribution in [1.29, 1.82) is 0 Å². The molecule has 1 rings (SSSR count). The van der Waals surface area contributed by atoms with Gasteiger partial charge in [0.15, 0.2) is 0 Å². The molecule has 0 aliphatic carbocycles. The number of hydrogen-bond acceptors (Lipinski definition) is 4. The summed E-state index contributed by atoms with van der Waals surface area (Å²) in [6.45, 7) is 3.43. The molecule has 3 N–H and O–H groups in total. The summed E-state index contributed by atoms with van der Waals surface area (Å²) in [6, 6.07) is 3.76. The topological polar surface area (TPSA) is 71.2 Å². The third-order valence-corrected chi connectivity index (χ3v) is 2.42. The molecule has 0 saturated carbocycles. The molecular weight excluding hydrogens is 216 g/mol. The Morgan fingerprint density at radius 1 is 1.59 bits per heavy atom. The number of amides is 1. The molecule has 5 heteroatoms. The van der Waals surface area contributed by atoms with Crippen LogP contribution in [0.15, 0.2) is 18.3 Å². The number of likely N-dealkylation sites (N-methyl/N-ethyl adjacent to an activating group) is 1. The molecule has 0 aromatic carbocycles. The van der Waals surface area contributed by atoms with Gasteiger partial charge in [0.05, 0.1) is 17.9 Å². The first-order chi connectivity index (χ1) is 8.19. The first kappa shape index (κ1) is 13.4. The van der Waals surface area contributed by atoms with E-state index in [9.17, 15) is 4.79 Å². The molecule has 0 unspecified atom stereocenters. The van der Waals surface area contributed by atoms with Gasteiger partial charge in [0, 0.05) is 26.3 Å². The third kappa shape index (κ3) is 4.03. The second-order valence-corrected chi connectivity index (χ2v) is 3.88. The zero-order valence-electron chi connectivity index (χ0n) is 10.4. The van der Waals surface area contributed by atoms with Gasteiger partial charge in [-0.2, -0.15) is 0 Å². The van der Waals surface area contributed by atoms with E-state index in [1.165, 1.54) is 0 Å². The van der Waals surface area contributed by atoms with Crippen molar-refractivity contribution in [3.05, 3.63) is 24.0 Å². The van der Waals surface area contributed by atoms with E-state index in [1.54, 1.807) is 6.20 Å². The van der Waals surface area contributed by atoms with Gasteiger partial charge in [-0.05, 0) is 18.6 Å². The lowest BCUT2D eigenvalue weighted by atomic mass is 10.2. The van der Waals surface area contributed by atoms with Crippen molar-refractivity contribution in [3.8, 4) is 0 Å². The molecule has 5 nitrogen and oxygen atoms in total. The molecule has 0 aliphatic rings. The fraction of sp³-hybridized carbons (Fsp3) is 0.500. The average molecular weight is 236 g/mol. The molecule has 1 aromatic rings. The Kier molecular flexibility index (Phi) is 5.42. The van der Waals surface area contributed by atoms with Crippen LogP contribution in [0.3, 0.4) is 0 Å². The van der Waals surface area contributed by atoms with Crippen LogP contribution < -0.4 is 16.0 Å². The Hall–Kier alpha value is -1.62. The van der Waals surface area contributed by atoms with Gasteiger partial charge in [0.25, 0.3) is 0 Å². The maximum atomic E-state index is 11.6. The molecule has 0 bridgehead atoms. The molecule has 1 heterocycles. The molecule has 0 aliphatic heterocycles. The lowest BCUT2D eigenvalue weighted by Crippen LogP contribution is -2.36. The smallest absolute Gasteiger partial charge is 0.239 e. The van der Waals surface area contributed by atoms with Crippen LogP contribution in [0.2, 0.25) is 0 Å². The van der Waals surface area contributed by atoms with Crippen LogP contribution >= 0.6 is 0 Å². The standard InChI is InChI=1S/C12H20N4O/c1-3-6-15-12(17)9-16(2)11-5-4-7-14-10(11)8-13/h4-5,7H,3,6,8-9,13H2,1-2H3,(H,15,17). The van der Waals surface area contributed by atoms with Crippen LogP contribution in [0.25, 0.3) is 0 Å². The van der Waals surface area contributed by atoms with Crippen molar-refractivity contribution >= 4 is 11.6 Å². The maximum Gasteiger partial charge on any atom is 0.239 e. The van der Waals surface area contributed by atoms with Crippen molar-refractivity contribution < 1.29 is 4.79 Å². The van der Waals surface area contributed by atoms with E-state index in [1.807, 2.05) is 31.0 Å². The normalized spacial score (nSPS) is 10.1. The number of carbonyl (C=O) groups is 1. The molecule has 0 radical (unpaired) electrons. The summed E-state index contributed by atoms with van der Waals surface area (Å²) in [5, 5.41) is 2.84. The summed E-state index contributed by atoms with van der Waals surface area (Å²) in [5.74, 6) is 0.0150. The number of anilines is 1. The van der Waals surface area contributed by atoms with E-state index in [-0.39, 0.29) is 5.91 Å². The van der Waals surface area contributed by atoms with Crippen LogP contribution in [0.4, 0.5) is 5.69 Å². The SMILES string of the molecule is CCCNC(=O)CN(C)c1cccnc1CN. The first-order valence-corrected chi connectivity index (χ1v) is 5.80. The molecule has 1 aromatic heterocycles. The summed E-state index contributed by atoms with van der Waals surface area (Å²) in [4.78, 5) is 17.6. The highest BCUT2D eigenvalue weighted by Crippen LogP contribution is 2.15. The minimum Gasteiger partial charge on any atom is -0.364 e. The Morgan fingerprint density at radius 3 is 3.00 bits per heavy atom. The van der Waals surface area contributed by atoms with Crippen LogP contribution in [0.5, 0.6) is 0 Å². The molecule has 0 atom stereocenters. The minimum absolute atomic E-state index is 0.0150. The molecule has 17 heavy (non-hydrogen) atoms. The first-order valence-electron chi connectivity index (χ1n) is 5.80. The quantitative estimate of drug-likeness (QED) is 0.754. The number of hydrogen-bond donors (Lipinski definition) is 2. The summed E-state index contributed by atoms with van der Waals surface area (Å²) in [7, 11) is 1.86. The van der Waals surface area contributed by atoms with Crippen LogP contribution in [-0.4, -0.2) is 31.0 Å². The van der Waals surface area contributed by atoms with E-state index in [2.05, 4.69) is 10.3 Å². The number of nitrogens with two attached hydrogens (primary N) is 1. The number of pyridine rings is 1. The van der Waals surface area contributed by atoms with Gasteiger partial charge in [-0.3, -0.25) is 9.78 Å². The number of rotatable bonds is 6. The Morgan fingerprint density at radius 2 is 2.35 bits per heavy atom. The van der Waals surface area contributed by atoms with Gasteiger partial charge in [-0.1, -0.05) is 6.92 Å². The van der Waals surface area contributed by atoms with Gasteiger partial charge < -0.3 is 16.0 Å². The highest BCUT2D eigenvalue weighted by molar-refractivity contribution is 5.81. The molecule has 94 valence electrons. The molecule has 0 fully saturated rings. The lowest BCUT2D eigenvalue weighted by Gasteiger charge is -2.20. The maximum absolute atomic E-state index is 11.6. The molecule has 0 saturated heterocycles. The predicted octanol–water partition coefficient (Wildman–Crippen LogP) is 0.503. The van der Waals surface area contributed by atoms with Gasteiger partial charge in [-0.25, -0.2) is 0 Å². The van der Waals surface area contributed by atoms with Crippen molar-refractivity contribution in [2.45, 2.75) is 19.9 Å². The van der Waals surface area contributed by atoms with Crippen molar-refractivity contribution in [2.24, 2.45) is 5.73 Å². The van der Waals surface area contributed by atoms with Gasteiger partial charge >= 0.3 is 0 Å². The minimum atomic E-state index is 0.0150. The van der Waals surface area contributed by atoms with E-state index in [0.29, 0.717) is 19.6 Å². The highest BCUT2D eigenvalue weighted by atomic mass is 16.2. The monoisotopic (exact) mass is 236 g/mol. The fourth-order valence-corrected chi connectivity index (χ4v) is 1.56. The van der Waals surface area contributed by atoms with E-state index in [0.717, 1.165) is 17.8 Å². The zero-order chi connectivity index (χ0) is 12.7. The van der Waals surface area contributed by atoms with Crippen LogP contribution in [0, 0.1) is 0 Å². The second kappa shape index (κ2) is 6.85. The molecule has 0 spiro atoms. The largest absolute Gasteiger partial charge is 0.364 e. The molecule has 1 amide bonds. The van der Waals surface area contributed by atoms with Crippen LogP contribution in [-0.2, 0) is 11.3 Å². The fourth-order valence-electron chi connectivity index (χ4n) is 1.56. The number of nitrogens with zero attached hydrogens (tertiary/aromatic N) is 2. The lowest BCUT2D eigenvalue weighted by molar-refractivity contribution is -0.119. The summed E-state index contributed by atoms with van der Waals surface area (Å²) >= 11 is 0. The second-order valence-electron chi connectivity index (χ2n) is 3.88. The predicted molar refractivity (Wildman–Crippen MR) is 68.7 cm³/mol. The van der Waals surface area contributed by atoms with Crippen molar-refractivity contribution in [3.63, 3.8) is 0 Å². The number of carbonyl (C=O) groups excluding carboxylic acids is 1. The van der Waals surface area contributed by atoms with Gasteiger partial charge in [0.2, 0.25) is 5.91 Å². The van der Waals surface area contributed by atoms with Crippen LogP contribution in [0.1, 0.15) is 19.0 Å². The van der Waals surface area contributed by atoms with E-state index >= 15 is 0 Å². The highest BCUT2D eigenvalue weighted by Gasteiger charge is 2.10. The Bertz CT molecular complexity index is 367. The number of nitrogens with one attached hydrogen (secondary N) is 1. The van der Waals surface area contributed by atoms with Crippen molar-refractivity contribution in [2.75, 3.05) is 25.0 Å². The number of aromatic nitrogens is 1. The zero-order valence-corrected chi connectivity index (χ0v) is 10.4. The summed E-state index contributed by atoms with van der Waals surface area (Å²) < 4.78 is 0. The Balaban J connectivity index is 2.62. The molecular formula is C12H20N4O. The third-order valence-electron chi connectivity index (χ3n) is 2.42. The van der Waals surface area contributed by atoms with E-state index in [4.69, 9.17) is 5.73 Å². The van der Waals surface area contributed by atoms with Gasteiger partial charge in [0.1, 0.15) is 0 Å². The van der Waals surface area contributed by atoms with Crippen molar-refractivity contribution in [1.82, 2.24) is 10.3 Å². The summed E-state index contributed by atoms with van der Waals surface area (Å²) in [6.07, 6.45) is 2.65. The average Bonchev–Trinajstić information content (AvgIpc) is 2.36. The summed E-state index contributed by atoms with van der Waals surface area (Å²) in [5.41, 5.74) is 7.32.